The summed E-state index contributed by atoms with van der Waals surface area (Å²) in [5, 5.41) is 11.2. The number of fused-ring (bicyclic) bond motifs is 13. The molecule has 3 aliphatic carbocycles. The highest BCUT2D eigenvalue weighted by atomic mass is 16.3. The number of para-hydroxylation sites is 5. The molecule has 0 amide bonds. The van der Waals surface area contributed by atoms with E-state index in [0.29, 0.717) is 11.8 Å². The molecule has 0 bridgehead atoms. The highest BCUT2D eigenvalue weighted by Gasteiger charge is 2.34. The first kappa shape index (κ1) is 43.6. The maximum Gasteiger partial charge on any atom is 0.159 e. The quantitative estimate of drug-likeness (QED) is 0.152. The summed E-state index contributed by atoms with van der Waals surface area (Å²) in [5.74, 6) is 1.25. The predicted octanol–water partition coefficient (Wildman–Crippen LogP) is 20.4. The molecule has 0 spiro atoms. The van der Waals surface area contributed by atoms with Crippen LogP contribution in [0.2, 0.25) is 0 Å². The van der Waals surface area contributed by atoms with Crippen LogP contribution in [-0.4, -0.2) is 6.04 Å². The zero-order valence-corrected chi connectivity index (χ0v) is 42.3. The molecule has 2 unspecified atom stereocenters. The number of benzene rings is 9. The van der Waals surface area contributed by atoms with Crippen molar-refractivity contribution in [2.24, 2.45) is 5.92 Å². The van der Waals surface area contributed by atoms with Gasteiger partial charge in [0.05, 0.1) is 28.8 Å². The highest BCUT2D eigenvalue weighted by molar-refractivity contribution is 6.26. The third kappa shape index (κ3) is 6.54. The minimum Gasteiger partial charge on any atom is -0.455 e. The van der Waals surface area contributed by atoms with Crippen molar-refractivity contribution in [3.8, 4) is 0 Å². The molecule has 9 aromatic carbocycles. The first-order valence-electron chi connectivity index (χ1n) is 27.2. The number of hydrogen-bond acceptors (Lipinski definition) is 5. The largest absolute Gasteiger partial charge is 0.455 e. The lowest BCUT2D eigenvalue weighted by Crippen LogP contribution is -2.38. The standard InChI is InChI=1S/C69H58N2O3/c1-41-19-4-13-36-58(41)70(59-37-17-34-54-52-32-15-30-46(44-22-5-6-23-44)64(52)73-68(54)59)61-39-56-57-40-62(49-27-10-12-29-51(49)67(57)72-66(56)50-28-11-9-26-48(50)61)71(63-42(2)20-14-21-43(63)3)60-38-18-35-55-53-33-16-31-47(45-24-7-8-25-45)65(53)74-69(55)60/h4,9-21,26-40,42,44-45,63H,5-8,22-25H2,1-3H3. The minimum atomic E-state index is 0.0126. The fraction of sp³-hybridized carbons (Fsp3) is 0.217. The van der Waals surface area contributed by atoms with Crippen LogP contribution in [0.3, 0.4) is 0 Å². The number of nitrogens with zero attached hydrogens (tertiary/aromatic N) is 2. The van der Waals surface area contributed by atoms with Gasteiger partial charge in [-0.2, -0.15) is 0 Å². The lowest BCUT2D eigenvalue weighted by molar-refractivity contribution is 0.579. The van der Waals surface area contributed by atoms with E-state index in [0.717, 1.165) is 105 Å². The molecule has 0 N–H and O–H groups in total. The van der Waals surface area contributed by atoms with Crippen LogP contribution in [0, 0.1) is 12.8 Å². The summed E-state index contributed by atoms with van der Waals surface area (Å²) in [6.07, 6.45) is 16.8. The van der Waals surface area contributed by atoms with Crippen LogP contribution in [-0.2, 0) is 0 Å². The van der Waals surface area contributed by atoms with Crippen LogP contribution in [0.25, 0.3) is 87.4 Å². The monoisotopic (exact) mass is 962 g/mol. The topological polar surface area (TPSA) is 45.9 Å². The molecular formula is C69H58N2O3. The zero-order valence-electron chi connectivity index (χ0n) is 42.3. The van der Waals surface area contributed by atoms with Gasteiger partial charge >= 0.3 is 0 Å². The van der Waals surface area contributed by atoms with Gasteiger partial charge < -0.3 is 23.1 Å². The fourth-order valence-corrected chi connectivity index (χ4v) is 14.0. The molecule has 5 heteroatoms. The van der Waals surface area contributed by atoms with Crippen LogP contribution in [0.1, 0.15) is 93.7 Å². The van der Waals surface area contributed by atoms with Gasteiger partial charge in [-0.05, 0) is 104 Å². The first-order valence-corrected chi connectivity index (χ1v) is 27.2. The molecule has 3 heterocycles. The van der Waals surface area contributed by atoms with Gasteiger partial charge in [-0.1, -0.05) is 184 Å². The van der Waals surface area contributed by atoms with Crippen molar-refractivity contribution in [1.29, 1.82) is 0 Å². The summed E-state index contributed by atoms with van der Waals surface area (Å²) < 4.78 is 21.9. The Morgan fingerprint density at radius 3 is 1.41 bits per heavy atom. The van der Waals surface area contributed by atoms with E-state index in [9.17, 15) is 0 Å². The molecule has 15 rings (SSSR count). The maximum absolute atomic E-state index is 7.32. The normalized spacial score (nSPS) is 17.7. The first-order chi connectivity index (χ1) is 36.5. The van der Waals surface area contributed by atoms with Gasteiger partial charge in [0.15, 0.2) is 11.2 Å². The van der Waals surface area contributed by atoms with Crippen LogP contribution >= 0.6 is 0 Å². The van der Waals surface area contributed by atoms with E-state index in [1.54, 1.807) is 0 Å². The molecule has 5 nitrogen and oxygen atoms in total. The van der Waals surface area contributed by atoms with Crippen LogP contribution in [0.4, 0.5) is 28.4 Å². The van der Waals surface area contributed by atoms with Gasteiger partial charge in [-0.3, -0.25) is 0 Å². The van der Waals surface area contributed by atoms with E-state index in [1.165, 1.54) is 84.4 Å². The maximum atomic E-state index is 7.32. The second-order valence-electron chi connectivity index (χ2n) is 21.8. The molecule has 74 heavy (non-hydrogen) atoms. The molecule has 2 atom stereocenters. The number of anilines is 5. The second-order valence-corrected chi connectivity index (χ2v) is 21.8. The van der Waals surface area contributed by atoms with Crippen molar-refractivity contribution < 1.29 is 13.3 Å². The summed E-state index contributed by atoms with van der Waals surface area (Å²) in [6.45, 7) is 6.86. The number of furan rings is 3. The van der Waals surface area contributed by atoms with Crippen LogP contribution < -0.4 is 9.80 Å². The average molecular weight is 963 g/mol. The van der Waals surface area contributed by atoms with Gasteiger partial charge in [0.25, 0.3) is 0 Å². The highest BCUT2D eigenvalue weighted by Crippen LogP contribution is 2.53. The molecule has 362 valence electrons. The molecule has 3 aromatic heterocycles. The van der Waals surface area contributed by atoms with E-state index in [-0.39, 0.29) is 12.0 Å². The van der Waals surface area contributed by atoms with Gasteiger partial charge in [0.1, 0.15) is 22.3 Å². The molecular weight excluding hydrogens is 905 g/mol. The lowest BCUT2D eigenvalue weighted by Gasteiger charge is -2.39. The summed E-state index contributed by atoms with van der Waals surface area (Å²) in [6, 6.07) is 58.3. The number of hydrogen-bond donors (Lipinski definition) is 0. The minimum absolute atomic E-state index is 0.0126. The Hall–Kier alpha value is -8.02. The van der Waals surface area contributed by atoms with Gasteiger partial charge in [0.2, 0.25) is 0 Å². The summed E-state index contributed by atoms with van der Waals surface area (Å²) in [4.78, 5) is 5.06. The number of allylic oxidation sites excluding steroid dienone is 2. The molecule has 12 aromatic rings. The Labute approximate surface area is 430 Å². The Morgan fingerprint density at radius 1 is 0.392 bits per heavy atom. The third-order valence-electron chi connectivity index (χ3n) is 17.5. The summed E-state index contributed by atoms with van der Waals surface area (Å²) >= 11 is 0. The van der Waals surface area contributed by atoms with E-state index < -0.39 is 0 Å². The smallest absolute Gasteiger partial charge is 0.159 e. The van der Waals surface area contributed by atoms with Gasteiger partial charge in [0, 0.05) is 59.5 Å². The van der Waals surface area contributed by atoms with E-state index in [2.05, 4.69) is 207 Å². The van der Waals surface area contributed by atoms with Gasteiger partial charge in [-0.15, -0.1) is 0 Å². The van der Waals surface area contributed by atoms with E-state index in [4.69, 9.17) is 13.3 Å². The van der Waals surface area contributed by atoms with Crippen molar-refractivity contribution in [3.63, 3.8) is 0 Å². The summed E-state index contributed by atoms with van der Waals surface area (Å²) in [5.41, 5.74) is 16.2. The van der Waals surface area contributed by atoms with Crippen LogP contribution in [0.5, 0.6) is 0 Å². The molecule has 2 saturated carbocycles. The third-order valence-corrected chi connectivity index (χ3v) is 17.5. The number of rotatable bonds is 8. The summed E-state index contributed by atoms with van der Waals surface area (Å²) in [7, 11) is 0. The van der Waals surface area contributed by atoms with Crippen molar-refractivity contribution in [1.82, 2.24) is 0 Å². The average Bonchev–Trinajstić information content (AvgIpc) is 4.32. The molecule has 0 aliphatic heterocycles. The fourth-order valence-electron chi connectivity index (χ4n) is 14.0. The van der Waals surface area contributed by atoms with Crippen molar-refractivity contribution in [2.75, 3.05) is 9.80 Å². The Balaban J connectivity index is 1.01. The Bertz CT molecular complexity index is 4300. The van der Waals surface area contributed by atoms with Crippen molar-refractivity contribution in [3.05, 3.63) is 198 Å². The Morgan fingerprint density at radius 2 is 0.824 bits per heavy atom. The Kier molecular flexibility index (Phi) is 10.0. The molecule has 0 saturated heterocycles. The van der Waals surface area contributed by atoms with E-state index >= 15 is 0 Å². The van der Waals surface area contributed by atoms with Crippen molar-refractivity contribution >= 4 is 116 Å². The van der Waals surface area contributed by atoms with E-state index in [1.807, 2.05) is 0 Å². The van der Waals surface area contributed by atoms with Crippen LogP contribution in [0.15, 0.2) is 195 Å². The SMILES string of the molecule is CC1=CC=CC(C)C1N(c1cc2c3cc(N(c4ccccc4C)c4cccc5c4oc4c(C6CCCC6)cccc45)c4ccccc4c3oc2c2ccccc12)c1cccc2c1oc1c(C3CCCC3)cccc12. The molecule has 2 fully saturated rings. The van der Waals surface area contributed by atoms with Crippen molar-refractivity contribution in [2.45, 2.75) is 90.0 Å². The second kappa shape index (κ2) is 17.0. The molecule has 0 radical (unpaired) electrons. The zero-order chi connectivity index (χ0) is 49.2. The predicted molar refractivity (Wildman–Crippen MR) is 310 cm³/mol. The van der Waals surface area contributed by atoms with Gasteiger partial charge in [-0.25, -0.2) is 0 Å². The molecule has 3 aliphatic rings. The lowest BCUT2D eigenvalue weighted by atomic mass is 9.87. The number of aryl methyl sites for hydroxylation is 1.